The molecule has 1 N–H and O–H groups in total. The van der Waals surface area contributed by atoms with E-state index in [9.17, 15) is 4.79 Å². The first kappa shape index (κ1) is 8.05. The predicted molar refractivity (Wildman–Crippen MR) is 46.8 cm³/mol. The van der Waals surface area contributed by atoms with E-state index in [2.05, 4.69) is 12.2 Å². The Morgan fingerprint density at radius 3 is 2.83 bits per heavy atom. The zero-order chi connectivity index (χ0) is 8.55. The van der Waals surface area contributed by atoms with E-state index in [1.54, 1.807) is 0 Å². The monoisotopic (exact) mass is 168 g/mol. The van der Waals surface area contributed by atoms with E-state index < -0.39 is 0 Å². The average molecular weight is 168 g/mol. The Labute approximate surface area is 73.1 Å². The summed E-state index contributed by atoms with van der Waals surface area (Å²) in [6.45, 7) is 4.89. The van der Waals surface area contributed by atoms with E-state index in [-0.39, 0.29) is 0 Å². The van der Waals surface area contributed by atoms with Crippen LogP contribution in [-0.2, 0) is 4.79 Å². The van der Waals surface area contributed by atoms with E-state index in [4.69, 9.17) is 0 Å². The molecule has 3 heteroatoms. The maximum Gasteiger partial charge on any atom is 0.225 e. The van der Waals surface area contributed by atoms with E-state index in [0.717, 1.165) is 32.5 Å². The quantitative estimate of drug-likeness (QED) is 0.607. The van der Waals surface area contributed by atoms with Gasteiger partial charge in [0.15, 0.2) is 0 Å². The Kier molecular flexibility index (Phi) is 2.05. The van der Waals surface area contributed by atoms with Crippen LogP contribution >= 0.6 is 0 Å². The normalized spacial score (nSPS) is 30.4. The Balaban J connectivity index is 1.89. The van der Waals surface area contributed by atoms with Gasteiger partial charge in [-0.05, 0) is 19.8 Å². The van der Waals surface area contributed by atoms with Crippen molar-refractivity contribution in [2.24, 2.45) is 5.92 Å². The second-order valence-corrected chi connectivity index (χ2v) is 3.91. The molecule has 1 unspecified atom stereocenters. The van der Waals surface area contributed by atoms with Crippen molar-refractivity contribution in [2.45, 2.75) is 25.8 Å². The number of hydrogen-bond acceptors (Lipinski definition) is 2. The van der Waals surface area contributed by atoms with Crippen molar-refractivity contribution in [3.05, 3.63) is 0 Å². The lowest BCUT2D eigenvalue weighted by atomic mass is 10.2. The van der Waals surface area contributed by atoms with Crippen molar-refractivity contribution in [1.29, 1.82) is 0 Å². The van der Waals surface area contributed by atoms with Gasteiger partial charge in [-0.3, -0.25) is 4.79 Å². The van der Waals surface area contributed by atoms with Crippen LogP contribution in [0.2, 0.25) is 0 Å². The molecular weight excluding hydrogens is 152 g/mol. The van der Waals surface area contributed by atoms with E-state index >= 15 is 0 Å². The molecule has 0 aromatic rings. The molecule has 0 spiro atoms. The summed E-state index contributed by atoms with van der Waals surface area (Å²) in [7, 11) is 0. The fourth-order valence-electron chi connectivity index (χ4n) is 1.72. The van der Waals surface area contributed by atoms with Crippen LogP contribution in [0, 0.1) is 5.92 Å². The first-order chi connectivity index (χ1) is 5.77. The molecular formula is C9H16N2O. The van der Waals surface area contributed by atoms with Crippen molar-refractivity contribution in [3.63, 3.8) is 0 Å². The lowest BCUT2D eigenvalue weighted by molar-refractivity contribution is -0.133. The third-order valence-corrected chi connectivity index (χ3v) is 2.61. The number of carbonyl (C=O) groups is 1. The smallest absolute Gasteiger partial charge is 0.225 e. The Morgan fingerprint density at radius 1 is 1.50 bits per heavy atom. The van der Waals surface area contributed by atoms with Gasteiger partial charge < -0.3 is 10.2 Å². The van der Waals surface area contributed by atoms with Crippen LogP contribution in [0.15, 0.2) is 0 Å². The molecule has 1 saturated heterocycles. The number of amides is 1. The van der Waals surface area contributed by atoms with Crippen LogP contribution < -0.4 is 5.32 Å². The molecule has 0 radical (unpaired) electrons. The molecule has 1 aliphatic carbocycles. The molecule has 0 aromatic carbocycles. The van der Waals surface area contributed by atoms with E-state index in [1.807, 2.05) is 4.90 Å². The third kappa shape index (κ3) is 1.61. The van der Waals surface area contributed by atoms with Gasteiger partial charge in [-0.1, -0.05) is 0 Å². The highest BCUT2D eigenvalue weighted by Crippen LogP contribution is 2.31. The lowest BCUT2D eigenvalue weighted by Gasteiger charge is -2.32. The number of piperazine rings is 1. The molecule has 2 rings (SSSR count). The zero-order valence-electron chi connectivity index (χ0n) is 7.55. The van der Waals surface area contributed by atoms with Crippen LogP contribution in [0.3, 0.4) is 0 Å². The molecule has 12 heavy (non-hydrogen) atoms. The molecule has 1 atom stereocenters. The van der Waals surface area contributed by atoms with Gasteiger partial charge in [-0.15, -0.1) is 0 Å². The van der Waals surface area contributed by atoms with Crippen LogP contribution in [-0.4, -0.2) is 36.5 Å². The van der Waals surface area contributed by atoms with Gasteiger partial charge in [-0.2, -0.15) is 0 Å². The van der Waals surface area contributed by atoms with E-state index in [1.165, 1.54) is 0 Å². The number of carbonyl (C=O) groups excluding carboxylic acids is 1. The molecule has 2 fully saturated rings. The highest BCUT2D eigenvalue weighted by atomic mass is 16.2. The highest BCUT2D eigenvalue weighted by molar-refractivity contribution is 5.81. The fourth-order valence-corrected chi connectivity index (χ4v) is 1.72. The van der Waals surface area contributed by atoms with Crippen LogP contribution in [0.25, 0.3) is 0 Å². The molecule has 1 saturated carbocycles. The number of hydrogen-bond donors (Lipinski definition) is 1. The summed E-state index contributed by atoms with van der Waals surface area (Å²) >= 11 is 0. The highest BCUT2D eigenvalue weighted by Gasteiger charge is 2.34. The summed E-state index contributed by atoms with van der Waals surface area (Å²) in [5, 5.41) is 3.33. The molecule has 1 aliphatic heterocycles. The maximum absolute atomic E-state index is 11.6. The largest absolute Gasteiger partial charge is 0.340 e. The van der Waals surface area contributed by atoms with E-state index in [0.29, 0.717) is 17.9 Å². The Morgan fingerprint density at radius 2 is 2.25 bits per heavy atom. The molecule has 3 nitrogen and oxygen atoms in total. The minimum absolute atomic E-state index is 0.385. The predicted octanol–water partition coefficient (Wildman–Crippen LogP) is 0.217. The molecule has 2 aliphatic rings. The zero-order valence-corrected chi connectivity index (χ0v) is 7.55. The van der Waals surface area contributed by atoms with Gasteiger partial charge >= 0.3 is 0 Å². The maximum atomic E-state index is 11.6. The minimum atomic E-state index is 0.385. The molecule has 1 amide bonds. The van der Waals surface area contributed by atoms with Crippen molar-refractivity contribution in [3.8, 4) is 0 Å². The van der Waals surface area contributed by atoms with Crippen LogP contribution in [0.4, 0.5) is 0 Å². The second-order valence-electron chi connectivity index (χ2n) is 3.91. The van der Waals surface area contributed by atoms with Gasteiger partial charge in [0.05, 0.1) is 0 Å². The number of rotatable bonds is 1. The number of nitrogens with one attached hydrogen (secondary N) is 1. The molecule has 0 bridgehead atoms. The van der Waals surface area contributed by atoms with Gasteiger partial charge in [-0.25, -0.2) is 0 Å². The van der Waals surface area contributed by atoms with Crippen molar-refractivity contribution >= 4 is 5.91 Å². The van der Waals surface area contributed by atoms with Crippen LogP contribution in [0.1, 0.15) is 19.8 Å². The topological polar surface area (TPSA) is 32.3 Å². The standard InChI is InChI=1S/C9H16N2O/c1-7-6-11(5-4-10-7)9(12)8-2-3-8/h7-8,10H,2-6H2,1H3. The SMILES string of the molecule is CC1CN(C(=O)C2CC2)CCN1. The first-order valence-electron chi connectivity index (χ1n) is 4.79. The first-order valence-corrected chi connectivity index (χ1v) is 4.79. The molecule has 1 heterocycles. The summed E-state index contributed by atoms with van der Waals surface area (Å²) in [5.41, 5.74) is 0. The third-order valence-electron chi connectivity index (χ3n) is 2.61. The van der Waals surface area contributed by atoms with Gasteiger partial charge in [0.1, 0.15) is 0 Å². The van der Waals surface area contributed by atoms with Gasteiger partial charge in [0, 0.05) is 31.6 Å². The molecule has 68 valence electrons. The second kappa shape index (κ2) is 3.05. The Bertz CT molecular complexity index is 189. The van der Waals surface area contributed by atoms with Crippen LogP contribution in [0.5, 0.6) is 0 Å². The summed E-state index contributed by atoms with van der Waals surface area (Å²) < 4.78 is 0. The van der Waals surface area contributed by atoms with Gasteiger partial charge in [0.25, 0.3) is 0 Å². The van der Waals surface area contributed by atoms with Gasteiger partial charge in [0.2, 0.25) is 5.91 Å². The fraction of sp³-hybridized carbons (Fsp3) is 0.889. The summed E-state index contributed by atoms with van der Waals surface area (Å²) in [4.78, 5) is 13.6. The minimum Gasteiger partial charge on any atom is -0.340 e. The van der Waals surface area contributed by atoms with Crippen molar-refractivity contribution in [2.75, 3.05) is 19.6 Å². The summed E-state index contributed by atoms with van der Waals surface area (Å²) in [5.74, 6) is 0.777. The number of nitrogens with zero attached hydrogens (tertiary/aromatic N) is 1. The molecule has 0 aromatic heterocycles. The summed E-state index contributed by atoms with van der Waals surface area (Å²) in [6.07, 6.45) is 2.24. The average Bonchev–Trinajstić information content (AvgIpc) is 2.85. The Hall–Kier alpha value is -0.570. The lowest BCUT2D eigenvalue weighted by Crippen LogP contribution is -2.51. The van der Waals surface area contributed by atoms with Crippen molar-refractivity contribution < 1.29 is 4.79 Å². The van der Waals surface area contributed by atoms with Crippen molar-refractivity contribution in [1.82, 2.24) is 10.2 Å². The summed E-state index contributed by atoms with van der Waals surface area (Å²) in [6, 6.07) is 0.474.